The van der Waals surface area contributed by atoms with Gasteiger partial charge in [-0.05, 0) is 59.7 Å². The third kappa shape index (κ3) is 4.48. The largest absolute Gasteiger partial charge is 0.497 e. The summed E-state index contributed by atoms with van der Waals surface area (Å²) < 4.78 is 7.22. The van der Waals surface area contributed by atoms with E-state index in [2.05, 4.69) is 15.0 Å². The van der Waals surface area contributed by atoms with Crippen LogP contribution in [0.25, 0.3) is 42.7 Å². The first kappa shape index (κ1) is 26.5. The number of nitrogens with one attached hydrogen (secondary N) is 1. The number of rotatable bonds is 3. The zero-order valence-electron chi connectivity index (χ0n) is 22.5. The number of aromatic amines is 1. The van der Waals surface area contributed by atoms with Gasteiger partial charge in [-0.2, -0.15) is 0 Å². The van der Waals surface area contributed by atoms with Crippen molar-refractivity contribution in [3.63, 3.8) is 0 Å². The molecule has 0 amide bonds. The number of thiophene rings is 1. The maximum absolute atomic E-state index is 11.3. The van der Waals surface area contributed by atoms with E-state index in [-0.39, 0.29) is 17.1 Å². The number of benzene rings is 2. The van der Waals surface area contributed by atoms with Gasteiger partial charge >= 0.3 is 0 Å². The Bertz CT molecular complexity index is 1950. The number of ether oxygens (including phenoxy) is 1. The molecule has 0 spiro atoms. The molecular formula is C33H27N3O5S. The molecule has 42 heavy (non-hydrogen) atoms. The predicted octanol–water partition coefficient (Wildman–Crippen LogP) is 5.92. The van der Waals surface area contributed by atoms with E-state index in [9.17, 15) is 20.4 Å². The van der Waals surface area contributed by atoms with Crippen molar-refractivity contribution >= 4 is 31.8 Å². The van der Waals surface area contributed by atoms with Crippen LogP contribution in [0.15, 0.2) is 91.0 Å². The fraction of sp³-hybridized carbons (Fsp3) is 0.152. The van der Waals surface area contributed by atoms with Crippen LogP contribution in [0.5, 0.6) is 5.75 Å². The number of aromatic nitrogens is 3. The molecule has 2 aromatic carbocycles. The van der Waals surface area contributed by atoms with Crippen molar-refractivity contribution in [2.24, 2.45) is 0 Å². The quantitative estimate of drug-likeness (QED) is 0.180. The SMILES string of the molecule is COc1ccc(-c2c3ccc(cc4nc(cc5nc(c(-c6ccccc6)c6ccc2s6)C(O)C5O)C(O)C4O)[nH]3)cc1. The second-order valence-electron chi connectivity index (χ2n) is 10.3. The summed E-state index contributed by atoms with van der Waals surface area (Å²) in [6.45, 7) is 0. The molecule has 0 saturated carbocycles. The zero-order chi connectivity index (χ0) is 29.0. The Hall–Kier alpha value is -4.38. The van der Waals surface area contributed by atoms with Gasteiger partial charge in [0.25, 0.3) is 0 Å². The highest BCUT2D eigenvalue weighted by molar-refractivity contribution is 7.24. The van der Waals surface area contributed by atoms with Crippen molar-refractivity contribution in [3.8, 4) is 28.0 Å². The third-order valence-corrected chi connectivity index (χ3v) is 8.79. The maximum atomic E-state index is 11.3. The van der Waals surface area contributed by atoms with Gasteiger partial charge in [0, 0.05) is 31.6 Å². The first-order chi connectivity index (χ1) is 20.4. The molecule has 9 heteroatoms. The summed E-state index contributed by atoms with van der Waals surface area (Å²) in [4.78, 5) is 12.6. The molecule has 8 bridgehead atoms. The molecule has 0 aliphatic carbocycles. The van der Waals surface area contributed by atoms with E-state index in [0.717, 1.165) is 37.4 Å². The lowest BCUT2D eigenvalue weighted by Gasteiger charge is -2.11. The maximum Gasteiger partial charge on any atom is 0.128 e. The highest BCUT2D eigenvalue weighted by Crippen LogP contribution is 2.43. The van der Waals surface area contributed by atoms with Crippen LogP contribution in [0.3, 0.4) is 0 Å². The molecule has 4 unspecified atom stereocenters. The Labute approximate surface area is 244 Å². The molecule has 0 radical (unpaired) electrons. The molecule has 8 nitrogen and oxygen atoms in total. The van der Waals surface area contributed by atoms with Crippen LogP contribution < -0.4 is 4.74 Å². The Morgan fingerprint density at radius 2 is 1.26 bits per heavy atom. The monoisotopic (exact) mass is 577 g/mol. The zero-order valence-corrected chi connectivity index (χ0v) is 23.3. The molecule has 7 rings (SSSR count). The number of aliphatic hydroxyl groups is 4. The lowest BCUT2D eigenvalue weighted by molar-refractivity contribution is 0.0220. The molecule has 4 atom stereocenters. The normalized spacial score (nSPS) is 20.0. The van der Waals surface area contributed by atoms with E-state index >= 15 is 0 Å². The first-order valence-electron chi connectivity index (χ1n) is 13.5. The molecule has 5 heterocycles. The summed E-state index contributed by atoms with van der Waals surface area (Å²) in [5, 5.41) is 43.9. The Balaban J connectivity index is 1.63. The molecule has 0 saturated heterocycles. The van der Waals surface area contributed by atoms with Gasteiger partial charge in [-0.15, -0.1) is 11.3 Å². The van der Waals surface area contributed by atoms with E-state index in [1.54, 1.807) is 24.5 Å². The minimum atomic E-state index is -1.33. The van der Waals surface area contributed by atoms with Crippen molar-refractivity contribution in [1.29, 1.82) is 0 Å². The summed E-state index contributed by atoms with van der Waals surface area (Å²) in [5.41, 5.74) is 5.90. The summed E-state index contributed by atoms with van der Waals surface area (Å²) in [5.74, 6) is 0.745. The smallest absolute Gasteiger partial charge is 0.128 e. The Morgan fingerprint density at radius 3 is 1.98 bits per heavy atom. The van der Waals surface area contributed by atoms with E-state index in [0.29, 0.717) is 16.8 Å². The Kier molecular flexibility index (Phi) is 6.61. The van der Waals surface area contributed by atoms with E-state index in [4.69, 9.17) is 4.74 Å². The summed E-state index contributed by atoms with van der Waals surface area (Å²) in [6.07, 6.45) is -5.21. The van der Waals surface area contributed by atoms with Crippen LogP contribution >= 0.6 is 11.3 Å². The van der Waals surface area contributed by atoms with Crippen LogP contribution in [-0.4, -0.2) is 42.5 Å². The Morgan fingerprint density at radius 1 is 0.643 bits per heavy atom. The number of methoxy groups -OCH3 is 1. The molecule has 5 N–H and O–H groups in total. The van der Waals surface area contributed by atoms with Gasteiger partial charge in [0.05, 0.1) is 29.9 Å². The van der Waals surface area contributed by atoms with Crippen LogP contribution in [0.4, 0.5) is 0 Å². The second kappa shape index (κ2) is 10.5. The highest BCUT2D eigenvalue weighted by Gasteiger charge is 2.34. The van der Waals surface area contributed by atoms with Crippen LogP contribution in [0, 0.1) is 0 Å². The fourth-order valence-electron chi connectivity index (χ4n) is 5.51. The van der Waals surface area contributed by atoms with Crippen molar-refractivity contribution in [2.75, 3.05) is 7.11 Å². The molecule has 5 aromatic rings. The molecule has 210 valence electrons. The molecule has 0 fully saturated rings. The van der Waals surface area contributed by atoms with E-state index < -0.39 is 24.4 Å². The number of fused-ring (bicyclic) bond motifs is 8. The minimum absolute atomic E-state index is 0.157. The summed E-state index contributed by atoms with van der Waals surface area (Å²) >= 11 is 1.56. The number of nitrogens with zero attached hydrogens (tertiary/aromatic N) is 2. The molecule has 3 aromatic heterocycles. The van der Waals surface area contributed by atoms with Crippen molar-refractivity contribution in [3.05, 3.63) is 114 Å². The van der Waals surface area contributed by atoms with Crippen LogP contribution in [0.1, 0.15) is 47.2 Å². The van der Waals surface area contributed by atoms with Gasteiger partial charge in [0.1, 0.15) is 30.2 Å². The van der Waals surface area contributed by atoms with Gasteiger partial charge in [0.2, 0.25) is 0 Å². The number of hydrogen-bond acceptors (Lipinski definition) is 8. The van der Waals surface area contributed by atoms with Gasteiger partial charge in [-0.3, -0.25) is 9.97 Å². The standard InChI is InChI=1S/C33H27N3O5S/c1-41-20-10-7-18(8-11-20)27-21-12-9-19(34-21)15-22-30(37)31(38)23(35-22)16-24-32(39)33(40)29(36-24)28(17-5-3-2-4-6-17)26-14-13-25(27)42-26/h2-16,30-34,37-40H,1H3. The van der Waals surface area contributed by atoms with Crippen LogP contribution in [-0.2, 0) is 0 Å². The average molecular weight is 578 g/mol. The van der Waals surface area contributed by atoms with Gasteiger partial charge in [0.15, 0.2) is 0 Å². The van der Waals surface area contributed by atoms with Gasteiger partial charge in [-0.1, -0.05) is 42.5 Å². The van der Waals surface area contributed by atoms with Crippen molar-refractivity contribution in [1.82, 2.24) is 15.0 Å². The van der Waals surface area contributed by atoms with Crippen molar-refractivity contribution < 1.29 is 25.2 Å². The first-order valence-corrected chi connectivity index (χ1v) is 14.3. The minimum Gasteiger partial charge on any atom is -0.497 e. The highest BCUT2D eigenvalue weighted by atomic mass is 32.1. The summed E-state index contributed by atoms with van der Waals surface area (Å²) in [6, 6.07) is 28.5. The molecular weight excluding hydrogens is 550 g/mol. The van der Waals surface area contributed by atoms with E-state index in [1.165, 1.54) is 6.07 Å². The van der Waals surface area contributed by atoms with Gasteiger partial charge < -0.3 is 30.1 Å². The average Bonchev–Trinajstić information content (AvgIpc) is 3.78. The number of H-pyrrole nitrogens is 1. The topological polar surface area (TPSA) is 132 Å². The lowest BCUT2D eigenvalue weighted by Crippen LogP contribution is -2.05. The second-order valence-corrected chi connectivity index (χ2v) is 11.4. The molecule has 2 aliphatic rings. The summed E-state index contributed by atoms with van der Waals surface area (Å²) in [7, 11) is 1.63. The number of aliphatic hydroxyl groups excluding tert-OH is 4. The third-order valence-electron chi connectivity index (χ3n) is 7.67. The van der Waals surface area contributed by atoms with Gasteiger partial charge in [-0.25, -0.2) is 0 Å². The predicted molar refractivity (Wildman–Crippen MR) is 162 cm³/mol. The van der Waals surface area contributed by atoms with Crippen LogP contribution in [0.2, 0.25) is 0 Å². The lowest BCUT2D eigenvalue weighted by atomic mass is 10.0. The fourth-order valence-corrected chi connectivity index (χ4v) is 6.68. The van der Waals surface area contributed by atoms with E-state index in [1.807, 2.05) is 78.9 Å². The van der Waals surface area contributed by atoms with Crippen molar-refractivity contribution in [2.45, 2.75) is 24.4 Å². The molecule has 2 aliphatic heterocycles. The number of hydrogen-bond donors (Lipinski definition) is 5.